The van der Waals surface area contributed by atoms with Crippen LogP contribution in [0.15, 0.2) is 23.1 Å². The summed E-state index contributed by atoms with van der Waals surface area (Å²) in [6.07, 6.45) is 0. The summed E-state index contributed by atoms with van der Waals surface area (Å²) in [4.78, 5) is 13.8. The van der Waals surface area contributed by atoms with Crippen molar-refractivity contribution < 1.29 is 13.2 Å². The molecule has 0 aliphatic carbocycles. The zero-order valence-corrected chi connectivity index (χ0v) is 13.8. The minimum atomic E-state index is -3.68. The van der Waals surface area contributed by atoms with Gasteiger partial charge in [-0.15, -0.1) is 0 Å². The monoisotopic (exact) mass is 297 g/mol. The average molecular weight is 297 g/mol. The first-order valence-corrected chi connectivity index (χ1v) is 8.16. The number of hydrogen-bond acceptors (Lipinski definition) is 3. The summed E-state index contributed by atoms with van der Waals surface area (Å²) >= 11 is 0. The Kier molecular flexibility index (Phi) is 4.97. The molecule has 20 heavy (non-hydrogen) atoms. The normalized spacial score (nSPS) is 13.3. The highest BCUT2D eigenvalue weighted by molar-refractivity contribution is 7.92. The van der Waals surface area contributed by atoms with Crippen LogP contribution in [-0.2, 0) is 14.6 Å². The first-order chi connectivity index (χ1) is 9.09. The topological polar surface area (TPSA) is 54.5 Å². The van der Waals surface area contributed by atoms with Crippen LogP contribution < -0.4 is 0 Å². The Morgan fingerprint density at radius 3 is 2.05 bits per heavy atom. The van der Waals surface area contributed by atoms with Gasteiger partial charge in [-0.25, -0.2) is 8.42 Å². The number of amides is 1. The standard InChI is InChI=1S/C15H23NO3S/c1-10(2)14(15(17)16(5)6)20(18,19)13-8-7-11(3)12(4)9-13/h7-10,14H,1-6H3/t14-/m0/s1. The Labute approximate surface area is 121 Å². The molecule has 1 amide bonds. The molecule has 0 bridgehead atoms. The molecule has 0 radical (unpaired) electrons. The second kappa shape index (κ2) is 5.95. The second-order valence-corrected chi connectivity index (χ2v) is 7.76. The summed E-state index contributed by atoms with van der Waals surface area (Å²) in [5.41, 5.74) is 1.94. The summed E-state index contributed by atoms with van der Waals surface area (Å²) in [5, 5.41) is -1.04. The summed E-state index contributed by atoms with van der Waals surface area (Å²) in [6, 6.07) is 5.00. The molecule has 0 spiro atoms. The number of rotatable bonds is 4. The highest BCUT2D eigenvalue weighted by Crippen LogP contribution is 2.24. The number of carbonyl (C=O) groups excluding carboxylic acids is 1. The van der Waals surface area contributed by atoms with Gasteiger partial charge in [-0.3, -0.25) is 4.79 Å². The Morgan fingerprint density at radius 2 is 1.65 bits per heavy atom. The molecule has 5 heteroatoms. The smallest absolute Gasteiger partial charge is 0.241 e. The van der Waals surface area contributed by atoms with E-state index in [-0.39, 0.29) is 16.7 Å². The number of carbonyl (C=O) groups is 1. The van der Waals surface area contributed by atoms with Crippen molar-refractivity contribution in [2.24, 2.45) is 5.92 Å². The van der Waals surface area contributed by atoms with Crippen molar-refractivity contribution in [3.05, 3.63) is 29.3 Å². The van der Waals surface area contributed by atoms with Gasteiger partial charge in [0.25, 0.3) is 0 Å². The number of aryl methyl sites for hydroxylation is 2. The lowest BCUT2D eigenvalue weighted by Gasteiger charge is -2.24. The van der Waals surface area contributed by atoms with Gasteiger partial charge in [-0.2, -0.15) is 0 Å². The number of sulfone groups is 1. The van der Waals surface area contributed by atoms with Gasteiger partial charge >= 0.3 is 0 Å². The van der Waals surface area contributed by atoms with E-state index in [1.54, 1.807) is 46.1 Å². The Hall–Kier alpha value is -1.36. The van der Waals surface area contributed by atoms with Crippen molar-refractivity contribution in [1.82, 2.24) is 4.90 Å². The lowest BCUT2D eigenvalue weighted by atomic mass is 10.1. The summed E-state index contributed by atoms with van der Waals surface area (Å²) in [5.74, 6) is -0.658. The molecule has 4 nitrogen and oxygen atoms in total. The van der Waals surface area contributed by atoms with Crippen molar-refractivity contribution in [2.75, 3.05) is 14.1 Å². The molecule has 0 aliphatic heterocycles. The summed E-state index contributed by atoms with van der Waals surface area (Å²) in [6.45, 7) is 7.30. The van der Waals surface area contributed by atoms with E-state index in [0.717, 1.165) is 11.1 Å². The first kappa shape index (κ1) is 16.7. The van der Waals surface area contributed by atoms with Crippen molar-refractivity contribution >= 4 is 15.7 Å². The third-order valence-electron chi connectivity index (χ3n) is 3.43. The van der Waals surface area contributed by atoms with E-state index >= 15 is 0 Å². The van der Waals surface area contributed by atoms with Crippen molar-refractivity contribution in [2.45, 2.75) is 37.8 Å². The van der Waals surface area contributed by atoms with Gasteiger partial charge in [0.15, 0.2) is 9.84 Å². The fourth-order valence-electron chi connectivity index (χ4n) is 2.07. The van der Waals surface area contributed by atoms with Crippen molar-refractivity contribution in [3.8, 4) is 0 Å². The summed E-state index contributed by atoms with van der Waals surface area (Å²) in [7, 11) is -0.521. The fraction of sp³-hybridized carbons (Fsp3) is 0.533. The maximum absolute atomic E-state index is 12.7. The maximum atomic E-state index is 12.7. The molecular weight excluding hydrogens is 274 g/mol. The third kappa shape index (κ3) is 3.20. The van der Waals surface area contributed by atoms with E-state index < -0.39 is 15.1 Å². The van der Waals surface area contributed by atoms with Crippen LogP contribution in [0, 0.1) is 19.8 Å². The van der Waals surface area contributed by atoms with Crippen molar-refractivity contribution in [3.63, 3.8) is 0 Å². The first-order valence-electron chi connectivity index (χ1n) is 6.61. The Morgan fingerprint density at radius 1 is 1.10 bits per heavy atom. The van der Waals surface area contributed by atoms with E-state index in [1.807, 2.05) is 13.8 Å². The lowest BCUT2D eigenvalue weighted by molar-refractivity contribution is -0.128. The molecular formula is C15H23NO3S. The fourth-order valence-corrected chi connectivity index (χ4v) is 4.15. The molecule has 0 N–H and O–H groups in total. The quantitative estimate of drug-likeness (QED) is 0.856. The van der Waals surface area contributed by atoms with Gasteiger partial charge in [0.05, 0.1) is 4.90 Å². The highest BCUT2D eigenvalue weighted by atomic mass is 32.2. The Bertz CT molecular complexity index is 604. The molecule has 0 unspecified atom stereocenters. The molecule has 1 atom stereocenters. The average Bonchev–Trinajstić information content (AvgIpc) is 2.31. The zero-order valence-electron chi connectivity index (χ0n) is 13.0. The van der Waals surface area contributed by atoms with Crippen LogP contribution in [0.4, 0.5) is 0 Å². The number of nitrogens with zero attached hydrogens (tertiary/aromatic N) is 1. The minimum absolute atomic E-state index is 0.217. The predicted octanol–water partition coefficient (Wildman–Crippen LogP) is 2.19. The lowest BCUT2D eigenvalue weighted by Crippen LogP contribution is -2.42. The SMILES string of the molecule is Cc1ccc(S(=O)(=O)[C@H](C(=O)N(C)C)C(C)C)cc1C. The zero-order chi connectivity index (χ0) is 15.7. The minimum Gasteiger partial charge on any atom is -0.348 e. The van der Waals surface area contributed by atoms with Crippen LogP contribution in [0.2, 0.25) is 0 Å². The largest absolute Gasteiger partial charge is 0.348 e. The predicted molar refractivity (Wildman–Crippen MR) is 80.4 cm³/mol. The molecule has 1 rings (SSSR count). The third-order valence-corrected chi connectivity index (χ3v) is 5.76. The summed E-state index contributed by atoms with van der Waals surface area (Å²) < 4.78 is 25.5. The van der Waals surface area contributed by atoms with Crippen LogP contribution in [0.1, 0.15) is 25.0 Å². The number of hydrogen-bond donors (Lipinski definition) is 0. The molecule has 0 saturated carbocycles. The van der Waals surface area contributed by atoms with Gasteiger partial charge in [0.2, 0.25) is 5.91 Å². The van der Waals surface area contributed by atoms with Crippen LogP contribution in [0.5, 0.6) is 0 Å². The Balaban J connectivity index is 3.37. The van der Waals surface area contributed by atoms with Gasteiger partial charge in [-0.05, 0) is 43.0 Å². The number of benzene rings is 1. The van der Waals surface area contributed by atoms with E-state index in [9.17, 15) is 13.2 Å². The van der Waals surface area contributed by atoms with E-state index in [1.165, 1.54) is 4.90 Å². The van der Waals surface area contributed by atoms with Crippen LogP contribution >= 0.6 is 0 Å². The van der Waals surface area contributed by atoms with E-state index in [4.69, 9.17) is 0 Å². The van der Waals surface area contributed by atoms with Gasteiger partial charge in [0.1, 0.15) is 5.25 Å². The van der Waals surface area contributed by atoms with Crippen LogP contribution in [-0.4, -0.2) is 38.6 Å². The van der Waals surface area contributed by atoms with Crippen molar-refractivity contribution in [1.29, 1.82) is 0 Å². The maximum Gasteiger partial charge on any atom is 0.241 e. The molecule has 1 aromatic rings. The second-order valence-electron chi connectivity index (χ2n) is 5.69. The van der Waals surface area contributed by atoms with Crippen LogP contribution in [0.3, 0.4) is 0 Å². The van der Waals surface area contributed by atoms with E-state index in [0.29, 0.717) is 0 Å². The molecule has 112 valence electrons. The molecule has 0 aromatic heterocycles. The molecule has 1 aromatic carbocycles. The highest BCUT2D eigenvalue weighted by Gasteiger charge is 2.37. The van der Waals surface area contributed by atoms with E-state index in [2.05, 4.69) is 0 Å². The molecule has 0 heterocycles. The van der Waals surface area contributed by atoms with Crippen LogP contribution in [0.25, 0.3) is 0 Å². The van der Waals surface area contributed by atoms with Gasteiger partial charge in [0, 0.05) is 14.1 Å². The molecule has 0 fully saturated rings. The molecule has 0 saturated heterocycles. The van der Waals surface area contributed by atoms with Gasteiger partial charge < -0.3 is 4.90 Å². The van der Waals surface area contributed by atoms with Gasteiger partial charge in [-0.1, -0.05) is 19.9 Å². The molecule has 0 aliphatic rings.